The van der Waals surface area contributed by atoms with Gasteiger partial charge in [0.1, 0.15) is 11.6 Å². The third-order valence-electron chi connectivity index (χ3n) is 10.8. The van der Waals surface area contributed by atoms with Crippen LogP contribution in [0.25, 0.3) is 88.4 Å². The van der Waals surface area contributed by atoms with Crippen LogP contribution in [0.4, 0.5) is 0 Å². The van der Waals surface area contributed by atoms with Gasteiger partial charge >= 0.3 is 0 Å². The Kier molecular flexibility index (Phi) is 7.28. The summed E-state index contributed by atoms with van der Waals surface area (Å²) in [6.07, 6.45) is 3.65. The molecule has 4 nitrogen and oxygen atoms in total. The molecule has 0 spiro atoms. The molecular formula is C50H34N4. The molecule has 0 aliphatic carbocycles. The van der Waals surface area contributed by atoms with Gasteiger partial charge in [-0.3, -0.25) is 4.98 Å². The summed E-state index contributed by atoms with van der Waals surface area (Å²) in [7, 11) is 0. The van der Waals surface area contributed by atoms with Crippen LogP contribution in [0.15, 0.2) is 170 Å². The Bertz CT molecular complexity index is 2920. The Balaban J connectivity index is 1.28. The average molecular weight is 691 g/mol. The van der Waals surface area contributed by atoms with Crippen LogP contribution in [0.1, 0.15) is 16.7 Å². The summed E-state index contributed by atoms with van der Waals surface area (Å²) < 4.78 is 4.55. The van der Waals surface area contributed by atoms with Crippen molar-refractivity contribution in [1.29, 1.82) is 5.26 Å². The summed E-state index contributed by atoms with van der Waals surface area (Å²) in [4.78, 5) is 4.33. The number of para-hydroxylation sites is 2. The molecular weight excluding hydrogens is 657 g/mol. The number of fused-ring (bicyclic) bond motifs is 6. The molecule has 3 aromatic heterocycles. The Morgan fingerprint density at radius 2 is 0.815 bits per heavy atom. The summed E-state index contributed by atoms with van der Waals surface area (Å²) in [6.45, 7) is 4.23. The van der Waals surface area contributed by atoms with Crippen molar-refractivity contribution in [2.24, 2.45) is 0 Å². The fourth-order valence-electron chi connectivity index (χ4n) is 8.11. The number of aromatic nitrogens is 3. The first-order valence-electron chi connectivity index (χ1n) is 18.3. The number of hydrogen-bond acceptors (Lipinski definition) is 2. The molecule has 0 saturated carbocycles. The number of pyridine rings is 1. The molecule has 0 bridgehead atoms. The number of aryl methyl sites for hydroxylation is 2. The van der Waals surface area contributed by atoms with E-state index < -0.39 is 0 Å². The summed E-state index contributed by atoms with van der Waals surface area (Å²) in [5, 5.41) is 15.9. The van der Waals surface area contributed by atoms with Gasteiger partial charge in [-0.25, -0.2) is 0 Å². The number of nitrogens with zero attached hydrogens (tertiary/aromatic N) is 4. The van der Waals surface area contributed by atoms with Crippen LogP contribution in [0.3, 0.4) is 0 Å². The van der Waals surface area contributed by atoms with Crippen molar-refractivity contribution in [3.8, 4) is 50.8 Å². The zero-order valence-electron chi connectivity index (χ0n) is 30.0. The number of rotatable bonds is 5. The van der Waals surface area contributed by atoms with E-state index in [4.69, 9.17) is 0 Å². The second-order valence-corrected chi connectivity index (χ2v) is 14.1. The molecule has 0 amide bonds. The third-order valence-corrected chi connectivity index (χ3v) is 10.8. The number of nitriles is 1. The fraction of sp³-hybridized carbons (Fsp3) is 0.0400. The molecule has 0 radical (unpaired) electrons. The minimum atomic E-state index is 0.600. The molecule has 0 fully saturated rings. The molecule has 3 heterocycles. The van der Waals surface area contributed by atoms with Crippen molar-refractivity contribution in [1.82, 2.24) is 14.1 Å². The Morgan fingerprint density at radius 3 is 1.28 bits per heavy atom. The monoisotopic (exact) mass is 690 g/mol. The van der Waals surface area contributed by atoms with E-state index in [-0.39, 0.29) is 0 Å². The van der Waals surface area contributed by atoms with Crippen molar-refractivity contribution in [3.05, 3.63) is 187 Å². The zero-order valence-corrected chi connectivity index (χ0v) is 30.0. The largest absolute Gasteiger partial charge is 0.308 e. The van der Waals surface area contributed by atoms with Gasteiger partial charge < -0.3 is 9.13 Å². The topological polar surface area (TPSA) is 46.5 Å². The fourth-order valence-corrected chi connectivity index (χ4v) is 8.11. The minimum Gasteiger partial charge on any atom is -0.308 e. The lowest BCUT2D eigenvalue weighted by Crippen LogP contribution is -2.05. The molecule has 0 saturated heterocycles. The maximum atomic E-state index is 11.3. The van der Waals surface area contributed by atoms with Gasteiger partial charge in [0.15, 0.2) is 0 Å². The molecule has 54 heavy (non-hydrogen) atoms. The normalized spacial score (nSPS) is 11.5. The van der Waals surface area contributed by atoms with Crippen LogP contribution in [0, 0.1) is 25.2 Å². The van der Waals surface area contributed by atoms with Gasteiger partial charge in [0.2, 0.25) is 0 Å². The Hall–Kier alpha value is -7.22. The molecule has 4 heteroatoms. The van der Waals surface area contributed by atoms with E-state index in [2.05, 4.69) is 180 Å². The first-order valence-corrected chi connectivity index (χ1v) is 18.3. The van der Waals surface area contributed by atoms with Gasteiger partial charge in [-0.2, -0.15) is 5.26 Å². The van der Waals surface area contributed by atoms with E-state index >= 15 is 0 Å². The highest BCUT2D eigenvalue weighted by atomic mass is 15.0. The van der Waals surface area contributed by atoms with Crippen LogP contribution < -0.4 is 0 Å². The molecule has 7 aromatic carbocycles. The molecule has 0 aliphatic rings. The maximum Gasteiger partial charge on any atom is 0.104 e. The summed E-state index contributed by atoms with van der Waals surface area (Å²) in [5.41, 5.74) is 15.6. The Labute approximate surface area is 313 Å². The average Bonchev–Trinajstić information content (AvgIpc) is 3.73. The third kappa shape index (κ3) is 5.02. The molecule has 10 rings (SSSR count). The van der Waals surface area contributed by atoms with Crippen molar-refractivity contribution < 1.29 is 0 Å². The zero-order chi connectivity index (χ0) is 36.3. The number of benzene rings is 7. The van der Waals surface area contributed by atoms with Crippen LogP contribution in [0.5, 0.6) is 0 Å². The predicted octanol–water partition coefficient (Wildman–Crippen LogP) is 12.8. The van der Waals surface area contributed by atoms with Crippen LogP contribution in [0.2, 0.25) is 0 Å². The van der Waals surface area contributed by atoms with Crippen LogP contribution in [-0.4, -0.2) is 14.1 Å². The standard InChI is InChI=1S/C50H34N4/c1-32-11-15-34(16-12-32)37-19-21-47-42(27-37)40-7-3-5-9-45(40)53(47)49-29-39(36-23-25-52-26-24-36)30-50(44(49)31-51)54-46-10-6-4-8-41(46)43-28-38(20-22-48(43)54)35-17-13-33(2)14-18-35/h3-30H,1-2H3. The first-order chi connectivity index (χ1) is 26.6. The smallest absolute Gasteiger partial charge is 0.104 e. The lowest BCUT2D eigenvalue weighted by atomic mass is 10.00. The lowest BCUT2D eigenvalue weighted by Gasteiger charge is -2.18. The molecule has 0 atom stereocenters. The quantitative estimate of drug-likeness (QED) is 0.180. The predicted molar refractivity (Wildman–Crippen MR) is 223 cm³/mol. The summed E-state index contributed by atoms with van der Waals surface area (Å²) in [5.74, 6) is 0. The van der Waals surface area contributed by atoms with E-state index in [9.17, 15) is 5.26 Å². The van der Waals surface area contributed by atoms with Gasteiger partial charge in [0.25, 0.3) is 0 Å². The van der Waals surface area contributed by atoms with Crippen LogP contribution >= 0.6 is 0 Å². The van der Waals surface area contributed by atoms with Crippen molar-refractivity contribution in [2.75, 3.05) is 0 Å². The van der Waals surface area contributed by atoms with E-state index in [1.165, 1.54) is 22.3 Å². The highest BCUT2D eigenvalue weighted by Gasteiger charge is 2.23. The molecule has 0 N–H and O–H groups in total. The first kappa shape index (κ1) is 31.5. The lowest BCUT2D eigenvalue weighted by molar-refractivity contribution is 1.12. The van der Waals surface area contributed by atoms with Gasteiger partial charge in [0.05, 0.1) is 33.4 Å². The second-order valence-electron chi connectivity index (χ2n) is 14.1. The van der Waals surface area contributed by atoms with Crippen molar-refractivity contribution in [3.63, 3.8) is 0 Å². The minimum absolute atomic E-state index is 0.600. The van der Waals surface area contributed by atoms with E-state index in [0.29, 0.717) is 5.56 Å². The molecule has 0 unspecified atom stereocenters. The van der Waals surface area contributed by atoms with Crippen molar-refractivity contribution >= 4 is 43.6 Å². The van der Waals surface area contributed by atoms with Gasteiger partial charge in [0, 0.05) is 33.9 Å². The summed E-state index contributed by atoms with van der Waals surface area (Å²) in [6, 6.07) is 58.9. The summed E-state index contributed by atoms with van der Waals surface area (Å²) >= 11 is 0. The van der Waals surface area contributed by atoms with Gasteiger partial charge in [-0.15, -0.1) is 0 Å². The molecule has 254 valence electrons. The SMILES string of the molecule is Cc1ccc(-c2ccc3c(c2)c2ccccc2n3-c2cc(-c3ccncc3)cc(-n3c4ccccc4c4cc(-c5ccc(C)cc5)ccc43)c2C#N)cc1. The van der Waals surface area contributed by atoms with E-state index in [0.717, 1.165) is 77.2 Å². The highest BCUT2D eigenvalue weighted by Crippen LogP contribution is 2.41. The second kappa shape index (κ2) is 12.5. The highest BCUT2D eigenvalue weighted by molar-refractivity contribution is 6.12. The molecule has 10 aromatic rings. The van der Waals surface area contributed by atoms with Crippen molar-refractivity contribution in [2.45, 2.75) is 13.8 Å². The number of hydrogen-bond donors (Lipinski definition) is 0. The van der Waals surface area contributed by atoms with Crippen LogP contribution in [-0.2, 0) is 0 Å². The van der Waals surface area contributed by atoms with E-state index in [1.807, 2.05) is 24.5 Å². The van der Waals surface area contributed by atoms with Gasteiger partial charge in [-0.05, 0) is 108 Å². The Morgan fingerprint density at radius 1 is 0.407 bits per heavy atom. The van der Waals surface area contributed by atoms with E-state index in [1.54, 1.807) is 0 Å². The maximum absolute atomic E-state index is 11.3. The van der Waals surface area contributed by atoms with Gasteiger partial charge in [-0.1, -0.05) is 108 Å². The molecule has 0 aliphatic heterocycles.